The van der Waals surface area contributed by atoms with Crippen molar-refractivity contribution in [3.8, 4) is 6.07 Å². The van der Waals surface area contributed by atoms with E-state index in [9.17, 15) is 4.79 Å². The van der Waals surface area contributed by atoms with Crippen LogP contribution in [0.1, 0.15) is 17.8 Å². The van der Waals surface area contributed by atoms with Crippen LogP contribution in [0.4, 0.5) is 16.2 Å². The van der Waals surface area contributed by atoms with Gasteiger partial charge in [0.1, 0.15) is 11.6 Å². The van der Waals surface area contributed by atoms with Gasteiger partial charge in [0.15, 0.2) is 0 Å². The molecule has 2 aromatic rings. The lowest BCUT2D eigenvalue weighted by atomic mass is 10.0. The average Bonchev–Trinajstić information content (AvgIpc) is 3.15. The number of rotatable bonds is 3. The van der Waals surface area contributed by atoms with E-state index in [0.717, 1.165) is 29.8 Å². The molecule has 0 aliphatic carbocycles. The molecule has 0 radical (unpaired) electrons. The Morgan fingerprint density at radius 3 is 3.12 bits per heavy atom. The fourth-order valence-electron chi connectivity index (χ4n) is 2.56. The van der Waals surface area contributed by atoms with Gasteiger partial charge in [0.05, 0.1) is 12.8 Å². The highest BCUT2D eigenvalue weighted by Gasteiger charge is 2.23. The Bertz CT molecular complexity index is 808. The molecular weight excluding hydrogens is 310 g/mol. The van der Waals surface area contributed by atoms with Gasteiger partial charge in [-0.25, -0.2) is 4.79 Å². The summed E-state index contributed by atoms with van der Waals surface area (Å²) in [4.78, 5) is 13.4. The molecule has 24 heavy (non-hydrogen) atoms. The fraction of sp³-hybridized carbons (Fsp3) is 0.267. The summed E-state index contributed by atoms with van der Waals surface area (Å²) in [7, 11) is 1.37. The predicted molar refractivity (Wildman–Crippen MR) is 85.9 cm³/mol. The average molecular weight is 325 g/mol. The van der Waals surface area contributed by atoms with Gasteiger partial charge in [-0.1, -0.05) is 0 Å². The monoisotopic (exact) mass is 325 g/mol. The fourth-order valence-corrected chi connectivity index (χ4v) is 2.56. The molecule has 0 unspecified atom stereocenters. The molecule has 1 aliphatic heterocycles. The van der Waals surface area contributed by atoms with E-state index in [-0.39, 0.29) is 17.5 Å². The van der Waals surface area contributed by atoms with E-state index in [2.05, 4.69) is 25.9 Å². The number of aromatic nitrogens is 4. The Morgan fingerprint density at radius 1 is 1.54 bits per heavy atom. The lowest BCUT2D eigenvalue weighted by Gasteiger charge is -2.28. The SMILES string of the molecule is COC(=O)N1CCCc2cc(NC=C(C#N)c3nn[nH]n3)ccc21. The zero-order chi connectivity index (χ0) is 16.9. The minimum absolute atomic E-state index is 0.222. The van der Waals surface area contributed by atoms with Gasteiger partial charge in [-0.2, -0.15) is 10.5 Å². The first-order valence-electron chi connectivity index (χ1n) is 7.32. The standard InChI is InChI=1S/C15H15N7O2/c1-24-15(23)22-6-2-3-10-7-12(4-5-13(10)22)17-9-11(8-16)14-18-20-21-19-14/h4-5,7,9,17H,2-3,6H2,1H3,(H,18,19,20,21). The molecule has 9 heteroatoms. The molecule has 0 saturated heterocycles. The normalized spacial score (nSPS) is 13.8. The number of carbonyl (C=O) groups excluding carboxylic acids is 1. The van der Waals surface area contributed by atoms with E-state index >= 15 is 0 Å². The van der Waals surface area contributed by atoms with Crippen molar-refractivity contribution in [1.82, 2.24) is 20.6 Å². The maximum atomic E-state index is 11.8. The van der Waals surface area contributed by atoms with Crippen molar-refractivity contribution in [2.75, 3.05) is 23.9 Å². The van der Waals surface area contributed by atoms with Crippen LogP contribution < -0.4 is 10.2 Å². The topological polar surface area (TPSA) is 120 Å². The van der Waals surface area contributed by atoms with Gasteiger partial charge in [0.25, 0.3) is 0 Å². The summed E-state index contributed by atoms with van der Waals surface area (Å²) in [6, 6.07) is 7.66. The predicted octanol–water partition coefficient (Wildman–Crippen LogP) is 1.70. The van der Waals surface area contributed by atoms with Gasteiger partial charge in [-0.05, 0) is 41.8 Å². The highest BCUT2D eigenvalue weighted by molar-refractivity contribution is 5.89. The van der Waals surface area contributed by atoms with Crippen molar-refractivity contribution in [3.63, 3.8) is 0 Å². The minimum atomic E-state index is -0.361. The number of ether oxygens (including phenoxy) is 1. The number of anilines is 2. The number of fused-ring (bicyclic) bond motifs is 1. The van der Waals surface area contributed by atoms with Crippen molar-refractivity contribution in [1.29, 1.82) is 5.26 Å². The molecule has 1 amide bonds. The number of tetrazole rings is 1. The third-order valence-corrected chi connectivity index (χ3v) is 3.68. The number of hydrogen-bond acceptors (Lipinski definition) is 7. The number of carbonyl (C=O) groups is 1. The second kappa shape index (κ2) is 6.78. The van der Waals surface area contributed by atoms with Crippen LogP contribution in [0.3, 0.4) is 0 Å². The molecule has 0 spiro atoms. The number of nitriles is 1. The van der Waals surface area contributed by atoms with E-state index in [1.54, 1.807) is 4.90 Å². The maximum Gasteiger partial charge on any atom is 0.414 e. The molecule has 1 aromatic heterocycles. The summed E-state index contributed by atoms with van der Waals surface area (Å²) in [5, 5.41) is 25.5. The Kier molecular flexibility index (Phi) is 4.38. The van der Waals surface area contributed by atoms with Crippen LogP contribution in [0.2, 0.25) is 0 Å². The van der Waals surface area contributed by atoms with Crippen molar-refractivity contribution in [3.05, 3.63) is 35.8 Å². The van der Waals surface area contributed by atoms with Crippen LogP contribution in [0, 0.1) is 11.3 Å². The van der Waals surface area contributed by atoms with Gasteiger partial charge in [-0.3, -0.25) is 4.90 Å². The number of benzene rings is 1. The molecule has 1 aliphatic rings. The van der Waals surface area contributed by atoms with Crippen LogP contribution >= 0.6 is 0 Å². The van der Waals surface area contributed by atoms with Gasteiger partial charge in [0.2, 0.25) is 5.82 Å². The van der Waals surface area contributed by atoms with Crippen LogP contribution in [0.5, 0.6) is 0 Å². The van der Waals surface area contributed by atoms with E-state index in [1.165, 1.54) is 13.3 Å². The van der Waals surface area contributed by atoms with E-state index < -0.39 is 0 Å². The van der Waals surface area contributed by atoms with E-state index in [4.69, 9.17) is 10.00 Å². The van der Waals surface area contributed by atoms with Crippen LogP contribution in [0.15, 0.2) is 24.4 Å². The van der Waals surface area contributed by atoms with Gasteiger partial charge >= 0.3 is 6.09 Å². The minimum Gasteiger partial charge on any atom is -0.452 e. The number of allylic oxidation sites excluding steroid dienone is 1. The van der Waals surface area contributed by atoms with Gasteiger partial charge < -0.3 is 10.1 Å². The summed E-state index contributed by atoms with van der Waals surface area (Å²) in [5.41, 5.74) is 2.96. The van der Waals surface area contributed by atoms with Crippen LogP contribution in [-0.4, -0.2) is 40.4 Å². The van der Waals surface area contributed by atoms with Crippen molar-refractivity contribution < 1.29 is 9.53 Å². The maximum absolute atomic E-state index is 11.8. The number of hydrogen-bond donors (Lipinski definition) is 2. The molecule has 2 heterocycles. The number of nitrogens with one attached hydrogen (secondary N) is 2. The third kappa shape index (κ3) is 3.03. The summed E-state index contributed by atoms with van der Waals surface area (Å²) in [5.74, 6) is 0.222. The van der Waals surface area contributed by atoms with Crippen LogP contribution in [0.25, 0.3) is 5.57 Å². The van der Waals surface area contributed by atoms with Crippen molar-refractivity contribution in [2.24, 2.45) is 0 Å². The lowest BCUT2D eigenvalue weighted by molar-refractivity contribution is 0.178. The molecule has 0 bridgehead atoms. The molecule has 9 nitrogen and oxygen atoms in total. The van der Waals surface area contributed by atoms with E-state index in [1.807, 2.05) is 24.3 Å². The van der Waals surface area contributed by atoms with Crippen molar-refractivity contribution >= 4 is 23.0 Å². The first kappa shape index (κ1) is 15.5. The molecule has 1 aromatic carbocycles. The first-order chi connectivity index (χ1) is 11.7. The number of amides is 1. The molecule has 0 fully saturated rings. The Hall–Kier alpha value is -3.41. The number of aromatic amines is 1. The summed E-state index contributed by atoms with van der Waals surface area (Å²) < 4.78 is 4.81. The summed E-state index contributed by atoms with van der Waals surface area (Å²) in [6.07, 6.45) is 2.90. The zero-order valence-electron chi connectivity index (χ0n) is 13.0. The van der Waals surface area contributed by atoms with E-state index in [0.29, 0.717) is 6.54 Å². The molecule has 0 saturated carbocycles. The quantitative estimate of drug-likeness (QED) is 0.824. The van der Waals surface area contributed by atoms with Gasteiger partial charge in [0, 0.05) is 18.4 Å². The molecule has 122 valence electrons. The number of nitrogens with zero attached hydrogens (tertiary/aromatic N) is 5. The highest BCUT2D eigenvalue weighted by atomic mass is 16.5. The number of methoxy groups -OCH3 is 1. The van der Waals surface area contributed by atoms with Crippen LogP contribution in [-0.2, 0) is 11.2 Å². The number of H-pyrrole nitrogens is 1. The third-order valence-electron chi connectivity index (χ3n) is 3.68. The second-order valence-electron chi connectivity index (χ2n) is 5.12. The van der Waals surface area contributed by atoms with Gasteiger partial charge in [-0.15, -0.1) is 10.2 Å². The summed E-state index contributed by atoms with van der Waals surface area (Å²) >= 11 is 0. The molecular formula is C15H15N7O2. The van der Waals surface area contributed by atoms with Crippen molar-refractivity contribution in [2.45, 2.75) is 12.8 Å². The lowest BCUT2D eigenvalue weighted by Crippen LogP contribution is -2.35. The Morgan fingerprint density at radius 2 is 2.42 bits per heavy atom. The highest BCUT2D eigenvalue weighted by Crippen LogP contribution is 2.30. The number of aryl methyl sites for hydroxylation is 1. The summed E-state index contributed by atoms with van der Waals surface area (Å²) in [6.45, 7) is 0.642. The molecule has 3 rings (SSSR count). The Labute approximate surface area is 137 Å². The second-order valence-corrected chi connectivity index (χ2v) is 5.12. The smallest absolute Gasteiger partial charge is 0.414 e. The zero-order valence-corrected chi connectivity index (χ0v) is 13.0. The molecule has 2 N–H and O–H groups in total. The molecule has 0 atom stereocenters. The first-order valence-corrected chi connectivity index (χ1v) is 7.32. The Balaban J connectivity index is 1.82. The largest absolute Gasteiger partial charge is 0.452 e.